The quantitative estimate of drug-likeness (QED) is 0.343. The second-order valence-electron chi connectivity index (χ2n) is 4.69. The summed E-state index contributed by atoms with van der Waals surface area (Å²) in [5.74, 6) is -0.586. The predicted molar refractivity (Wildman–Crippen MR) is 78.4 cm³/mol. The Morgan fingerprint density at radius 2 is 2.33 bits per heavy atom. The van der Waals surface area contributed by atoms with Crippen LogP contribution in [-0.2, 0) is 14.3 Å². The average Bonchev–Trinajstić information content (AvgIpc) is 2.50. The van der Waals surface area contributed by atoms with Gasteiger partial charge in [-0.2, -0.15) is 5.26 Å². The molecule has 1 atom stereocenters. The molecule has 116 valence electrons. The minimum absolute atomic E-state index is 0.0182. The van der Waals surface area contributed by atoms with Crippen molar-refractivity contribution in [2.24, 2.45) is 5.92 Å². The summed E-state index contributed by atoms with van der Waals surface area (Å²) in [7, 11) is 0. The summed E-state index contributed by atoms with van der Waals surface area (Å²) in [5, 5.41) is 11.6. The summed E-state index contributed by atoms with van der Waals surface area (Å²) in [5.41, 5.74) is 0.0182. The highest BCUT2D eigenvalue weighted by Crippen LogP contribution is 2.18. The predicted octanol–water partition coefficient (Wildman–Crippen LogP) is 1.02. The van der Waals surface area contributed by atoms with Crippen LogP contribution in [0.4, 0.5) is 0 Å². The third kappa shape index (κ3) is 5.64. The van der Waals surface area contributed by atoms with Crippen LogP contribution in [0.5, 0.6) is 0 Å². The Morgan fingerprint density at radius 1 is 1.57 bits per heavy atom. The van der Waals surface area contributed by atoms with E-state index in [2.05, 4.69) is 5.32 Å². The molecule has 0 aliphatic carbocycles. The first kappa shape index (κ1) is 17.3. The third-order valence-corrected chi connectivity index (χ3v) is 3.32. The van der Waals surface area contributed by atoms with Crippen LogP contribution < -0.4 is 5.32 Å². The van der Waals surface area contributed by atoms with E-state index in [-0.39, 0.29) is 17.5 Å². The number of hydrogen-bond acceptors (Lipinski definition) is 5. The number of rotatable bonds is 6. The van der Waals surface area contributed by atoms with Gasteiger partial charge in [0.15, 0.2) is 0 Å². The van der Waals surface area contributed by atoms with Crippen molar-refractivity contribution < 1.29 is 14.3 Å². The highest BCUT2D eigenvalue weighted by molar-refractivity contribution is 6.18. The molecule has 1 fully saturated rings. The van der Waals surface area contributed by atoms with Crippen LogP contribution in [0.15, 0.2) is 11.8 Å². The number of amides is 1. The fourth-order valence-electron chi connectivity index (χ4n) is 2.15. The number of hydrogen-bond donors (Lipinski definition) is 1. The summed E-state index contributed by atoms with van der Waals surface area (Å²) in [6.07, 6.45) is 3.10. The number of piperidine rings is 1. The van der Waals surface area contributed by atoms with E-state index in [9.17, 15) is 9.59 Å². The van der Waals surface area contributed by atoms with Crippen LogP contribution in [0.25, 0.3) is 0 Å². The molecule has 1 aliphatic rings. The van der Waals surface area contributed by atoms with Crippen molar-refractivity contribution in [1.29, 1.82) is 5.26 Å². The maximum absolute atomic E-state index is 11.7. The van der Waals surface area contributed by atoms with Crippen molar-refractivity contribution in [3.63, 3.8) is 0 Å². The van der Waals surface area contributed by atoms with E-state index in [1.54, 1.807) is 6.92 Å². The molecule has 6 nitrogen and oxygen atoms in total. The molecule has 0 saturated carbocycles. The number of likely N-dealkylation sites (tertiary alicyclic amines) is 1. The summed E-state index contributed by atoms with van der Waals surface area (Å²) in [4.78, 5) is 25.3. The van der Waals surface area contributed by atoms with E-state index < -0.39 is 5.91 Å². The van der Waals surface area contributed by atoms with Gasteiger partial charge in [-0.25, -0.2) is 0 Å². The van der Waals surface area contributed by atoms with Crippen molar-refractivity contribution >= 4 is 23.5 Å². The minimum atomic E-state index is -0.448. The van der Waals surface area contributed by atoms with Crippen molar-refractivity contribution in [3.05, 3.63) is 11.8 Å². The summed E-state index contributed by atoms with van der Waals surface area (Å²) < 4.78 is 5.02. The molecule has 1 saturated heterocycles. The van der Waals surface area contributed by atoms with Gasteiger partial charge in [-0.15, -0.1) is 11.6 Å². The molecule has 1 rings (SSSR count). The Morgan fingerprint density at radius 3 is 2.95 bits per heavy atom. The van der Waals surface area contributed by atoms with Gasteiger partial charge in [-0.05, 0) is 19.8 Å². The van der Waals surface area contributed by atoms with Crippen LogP contribution >= 0.6 is 11.6 Å². The number of carbonyl (C=O) groups is 2. The molecular weight excluding hydrogens is 294 g/mol. The van der Waals surface area contributed by atoms with Gasteiger partial charge < -0.3 is 15.0 Å². The number of nitriles is 1. The smallest absolute Gasteiger partial charge is 0.310 e. The van der Waals surface area contributed by atoms with E-state index >= 15 is 0 Å². The topological polar surface area (TPSA) is 82.4 Å². The second kappa shape index (κ2) is 9.24. The first-order chi connectivity index (χ1) is 10.1. The number of nitrogens with zero attached hydrogens (tertiary/aromatic N) is 2. The first-order valence-electron chi connectivity index (χ1n) is 6.99. The zero-order chi connectivity index (χ0) is 15.7. The Kier molecular flexibility index (Phi) is 7.62. The van der Waals surface area contributed by atoms with E-state index in [4.69, 9.17) is 21.6 Å². The van der Waals surface area contributed by atoms with Gasteiger partial charge >= 0.3 is 5.97 Å². The lowest BCUT2D eigenvalue weighted by molar-refractivity contribution is -0.149. The van der Waals surface area contributed by atoms with Crippen LogP contribution in [-0.4, -0.2) is 48.9 Å². The number of halogens is 1. The second-order valence-corrected chi connectivity index (χ2v) is 5.06. The molecule has 0 aromatic heterocycles. The number of ether oxygens (including phenoxy) is 1. The SMILES string of the molecule is CCOC(=O)C1CCCN(/C=C(/C#N)C(=O)NCCCl)C1. The van der Waals surface area contributed by atoms with Gasteiger partial charge in [0.25, 0.3) is 5.91 Å². The first-order valence-corrected chi connectivity index (χ1v) is 7.52. The molecule has 1 unspecified atom stereocenters. The van der Waals surface area contributed by atoms with Crippen molar-refractivity contribution in [1.82, 2.24) is 10.2 Å². The third-order valence-electron chi connectivity index (χ3n) is 3.13. The zero-order valence-electron chi connectivity index (χ0n) is 12.1. The Labute approximate surface area is 129 Å². The zero-order valence-corrected chi connectivity index (χ0v) is 12.9. The van der Waals surface area contributed by atoms with Crippen LogP contribution in [0, 0.1) is 17.2 Å². The molecule has 1 N–H and O–H groups in total. The monoisotopic (exact) mass is 313 g/mol. The van der Waals surface area contributed by atoms with E-state index in [1.807, 2.05) is 11.0 Å². The Balaban J connectivity index is 2.66. The molecule has 1 aliphatic heterocycles. The number of carbonyl (C=O) groups excluding carboxylic acids is 2. The minimum Gasteiger partial charge on any atom is -0.466 e. The number of alkyl halides is 1. The summed E-state index contributed by atoms with van der Waals surface area (Å²) in [6.45, 7) is 3.62. The maximum atomic E-state index is 11.7. The molecule has 0 aromatic rings. The molecule has 0 aromatic carbocycles. The van der Waals surface area contributed by atoms with Crippen molar-refractivity contribution in [2.75, 3.05) is 32.1 Å². The largest absolute Gasteiger partial charge is 0.466 e. The molecule has 0 radical (unpaired) electrons. The van der Waals surface area contributed by atoms with Gasteiger partial charge in [-0.1, -0.05) is 0 Å². The van der Waals surface area contributed by atoms with Gasteiger partial charge in [0, 0.05) is 31.7 Å². The molecule has 1 heterocycles. The normalized spacial score (nSPS) is 18.8. The van der Waals surface area contributed by atoms with Gasteiger partial charge in [0.05, 0.1) is 12.5 Å². The molecule has 0 spiro atoms. The Hall–Kier alpha value is -1.74. The fraction of sp³-hybridized carbons (Fsp3) is 0.643. The molecule has 7 heteroatoms. The number of esters is 1. The van der Waals surface area contributed by atoms with Gasteiger partial charge in [0.2, 0.25) is 0 Å². The molecule has 0 bridgehead atoms. The maximum Gasteiger partial charge on any atom is 0.310 e. The lowest BCUT2D eigenvalue weighted by Gasteiger charge is -2.30. The lowest BCUT2D eigenvalue weighted by Crippen LogP contribution is -2.37. The van der Waals surface area contributed by atoms with Crippen molar-refractivity contribution in [2.45, 2.75) is 19.8 Å². The Bertz CT molecular complexity index is 445. The lowest BCUT2D eigenvalue weighted by atomic mass is 9.98. The van der Waals surface area contributed by atoms with Crippen LogP contribution in [0.1, 0.15) is 19.8 Å². The van der Waals surface area contributed by atoms with Crippen LogP contribution in [0.2, 0.25) is 0 Å². The standard InChI is InChI=1S/C14H20ClN3O3/c1-2-21-14(20)11-4-3-7-18(9-11)10-12(8-16)13(19)17-6-5-15/h10-11H,2-7,9H2,1H3,(H,17,19)/b12-10-. The van der Waals surface area contributed by atoms with Crippen molar-refractivity contribution in [3.8, 4) is 6.07 Å². The highest BCUT2D eigenvalue weighted by atomic mass is 35.5. The van der Waals surface area contributed by atoms with Crippen LogP contribution in [0.3, 0.4) is 0 Å². The van der Waals surface area contributed by atoms with E-state index in [0.29, 0.717) is 32.1 Å². The molecule has 21 heavy (non-hydrogen) atoms. The highest BCUT2D eigenvalue weighted by Gasteiger charge is 2.26. The fourth-order valence-corrected chi connectivity index (χ4v) is 2.25. The number of nitrogens with one attached hydrogen (secondary N) is 1. The molecular formula is C14H20ClN3O3. The van der Waals surface area contributed by atoms with Gasteiger partial charge in [-0.3, -0.25) is 9.59 Å². The van der Waals surface area contributed by atoms with E-state index in [0.717, 1.165) is 12.8 Å². The van der Waals surface area contributed by atoms with Gasteiger partial charge in [0.1, 0.15) is 11.6 Å². The molecule has 1 amide bonds. The summed E-state index contributed by atoms with van der Waals surface area (Å²) >= 11 is 5.49. The average molecular weight is 314 g/mol. The summed E-state index contributed by atoms with van der Waals surface area (Å²) in [6, 6.07) is 1.88. The van der Waals surface area contributed by atoms with E-state index in [1.165, 1.54) is 6.20 Å².